The van der Waals surface area contributed by atoms with Gasteiger partial charge in [0.2, 0.25) is 5.24 Å². The van der Waals surface area contributed by atoms with Gasteiger partial charge >= 0.3 is 0 Å². The summed E-state index contributed by atoms with van der Waals surface area (Å²) in [5.74, 6) is 0. The predicted molar refractivity (Wildman–Crippen MR) is 62.8 cm³/mol. The van der Waals surface area contributed by atoms with Gasteiger partial charge in [-0.05, 0) is 30.6 Å². The van der Waals surface area contributed by atoms with E-state index in [4.69, 9.17) is 11.6 Å². The minimum absolute atomic E-state index is 0.225. The third kappa shape index (κ3) is 3.65. The van der Waals surface area contributed by atoms with Gasteiger partial charge in [-0.1, -0.05) is 37.3 Å². The maximum atomic E-state index is 11.1. The number of carbonyl (C=O) groups is 1. The zero-order valence-electron chi connectivity index (χ0n) is 9.11. The molecule has 0 saturated carbocycles. The van der Waals surface area contributed by atoms with E-state index in [0.29, 0.717) is 0 Å². The van der Waals surface area contributed by atoms with E-state index in [9.17, 15) is 4.79 Å². The Morgan fingerprint density at radius 3 is 2.47 bits per heavy atom. The lowest BCUT2D eigenvalue weighted by atomic mass is 10.2. The SMILES string of the molecule is CCN(Cc1ccccc1)C(C)C(=O)Cl. The molecule has 1 aromatic carbocycles. The molecule has 0 aliphatic heterocycles. The van der Waals surface area contributed by atoms with E-state index in [1.165, 1.54) is 5.56 Å². The lowest BCUT2D eigenvalue weighted by Gasteiger charge is -2.24. The molecule has 0 saturated heterocycles. The highest BCUT2D eigenvalue weighted by Gasteiger charge is 2.17. The van der Waals surface area contributed by atoms with E-state index in [1.807, 2.05) is 49.1 Å². The average Bonchev–Trinajstić information content (AvgIpc) is 2.26. The van der Waals surface area contributed by atoms with E-state index >= 15 is 0 Å². The molecule has 0 radical (unpaired) electrons. The van der Waals surface area contributed by atoms with Gasteiger partial charge in [0.15, 0.2) is 0 Å². The number of hydrogen-bond acceptors (Lipinski definition) is 2. The van der Waals surface area contributed by atoms with Crippen LogP contribution in [-0.4, -0.2) is 22.7 Å². The first-order chi connectivity index (χ1) is 7.15. The topological polar surface area (TPSA) is 20.3 Å². The molecule has 1 atom stereocenters. The van der Waals surface area contributed by atoms with Crippen molar-refractivity contribution in [3.05, 3.63) is 35.9 Å². The lowest BCUT2D eigenvalue weighted by molar-refractivity contribution is -0.116. The Hall–Kier alpha value is -0.860. The first kappa shape index (κ1) is 12.2. The molecular weight excluding hydrogens is 210 g/mol. The van der Waals surface area contributed by atoms with Gasteiger partial charge in [-0.15, -0.1) is 0 Å². The number of benzene rings is 1. The van der Waals surface area contributed by atoms with Crippen LogP contribution in [0.25, 0.3) is 0 Å². The average molecular weight is 226 g/mol. The Kier molecular flexibility index (Phi) is 4.79. The smallest absolute Gasteiger partial charge is 0.238 e. The highest BCUT2D eigenvalue weighted by molar-refractivity contribution is 6.64. The summed E-state index contributed by atoms with van der Waals surface area (Å²) < 4.78 is 0. The van der Waals surface area contributed by atoms with Crippen LogP contribution >= 0.6 is 11.6 Å². The molecule has 1 unspecified atom stereocenters. The fraction of sp³-hybridized carbons (Fsp3) is 0.417. The van der Waals surface area contributed by atoms with Crippen LogP contribution in [0.1, 0.15) is 19.4 Å². The van der Waals surface area contributed by atoms with Gasteiger partial charge < -0.3 is 0 Å². The van der Waals surface area contributed by atoms with Crippen LogP contribution in [0, 0.1) is 0 Å². The molecule has 82 valence electrons. The second-order valence-electron chi connectivity index (χ2n) is 3.53. The Morgan fingerprint density at radius 1 is 1.40 bits per heavy atom. The van der Waals surface area contributed by atoms with Gasteiger partial charge in [-0.25, -0.2) is 0 Å². The minimum atomic E-state index is -0.298. The summed E-state index contributed by atoms with van der Waals surface area (Å²) in [5.41, 5.74) is 1.20. The normalized spacial score (nSPS) is 12.8. The number of nitrogens with zero attached hydrogens (tertiary/aromatic N) is 1. The molecule has 2 nitrogen and oxygen atoms in total. The molecule has 1 rings (SSSR count). The van der Waals surface area contributed by atoms with E-state index in [0.717, 1.165) is 13.1 Å². The van der Waals surface area contributed by atoms with Gasteiger partial charge in [-0.3, -0.25) is 9.69 Å². The molecule has 0 amide bonds. The van der Waals surface area contributed by atoms with Crippen molar-refractivity contribution in [2.75, 3.05) is 6.54 Å². The molecule has 0 fully saturated rings. The molecular formula is C12H16ClNO. The van der Waals surface area contributed by atoms with Gasteiger partial charge in [-0.2, -0.15) is 0 Å². The molecule has 0 heterocycles. The first-order valence-electron chi connectivity index (χ1n) is 5.12. The molecule has 0 N–H and O–H groups in total. The highest BCUT2D eigenvalue weighted by atomic mass is 35.5. The van der Waals surface area contributed by atoms with E-state index in [-0.39, 0.29) is 11.3 Å². The molecule has 0 aliphatic rings. The maximum Gasteiger partial charge on any atom is 0.238 e. The monoisotopic (exact) mass is 225 g/mol. The number of hydrogen-bond donors (Lipinski definition) is 0. The molecule has 0 spiro atoms. The number of rotatable bonds is 5. The molecule has 1 aromatic rings. The minimum Gasteiger partial charge on any atom is -0.289 e. The number of carbonyl (C=O) groups excluding carboxylic acids is 1. The molecule has 15 heavy (non-hydrogen) atoms. The van der Waals surface area contributed by atoms with Crippen molar-refractivity contribution in [2.45, 2.75) is 26.4 Å². The van der Waals surface area contributed by atoms with Crippen LogP contribution in [0.15, 0.2) is 30.3 Å². The van der Waals surface area contributed by atoms with Crippen LogP contribution in [0.5, 0.6) is 0 Å². The van der Waals surface area contributed by atoms with Crippen molar-refractivity contribution in [1.29, 1.82) is 0 Å². The maximum absolute atomic E-state index is 11.1. The first-order valence-corrected chi connectivity index (χ1v) is 5.50. The Morgan fingerprint density at radius 2 is 2.00 bits per heavy atom. The predicted octanol–water partition coefficient (Wildman–Crippen LogP) is 2.66. The summed E-state index contributed by atoms with van der Waals surface area (Å²) in [6.07, 6.45) is 0. The zero-order chi connectivity index (χ0) is 11.3. The van der Waals surface area contributed by atoms with Crippen molar-refractivity contribution in [1.82, 2.24) is 4.90 Å². The number of likely N-dealkylation sites (N-methyl/N-ethyl adjacent to an activating group) is 1. The second-order valence-corrected chi connectivity index (χ2v) is 3.90. The van der Waals surface area contributed by atoms with Crippen molar-refractivity contribution >= 4 is 16.8 Å². The van der Waals surface area contributed by atoms with Crippen LogP contribution in [0.3, 0.4) is 0 Å². The van der Waals surface area contributed by atoms with E-state index in [2.05, 4.69) is 0 Å². The zero-order valence-corrected chi connectivity index (χ0v) is 9.87. The standard InChI is InChI=1S/C12H16ClNO/c1-3-14(10(2)12(13)15)9-11-7-5-4-6-8-11/h4-8,10H,3,9H2,1-2H3. The fourth-order valence-electron chi connectivity index (χ4n) is 1.48. The van der Waals surface area contributed by atoms with Gasteiger partial charge in [0.1, 0.15) is 0 Å². The fourth-order valence-corrected chi connectivity index (χ4v) is 1.62. The van der Waals surface area contributed by atoms with Crippen molar-refractivity contribution in [3.63, 3.8) is 0 Å². The number of halogens is 1. The third-order valence-electron chi connectivity index (χ3n) is 2.51. The summed E-state index contributed by atoms with van der Waals surface area (Å²) in [7, 11) is 0. The van der Waals surface area contributed by atoms with Gasteiger partial charge in [0.25, 0.3) is 0 Å². The second kappa shape index (κ2) is 5.89. The lowest BCUT2D eigenvalue weighted by Crippen LogP contribution is -2.36. The van der Waals surface area contributed by atoms with Crippen LogP contribution in [0.2, 0.25) is 0 Å². The summed E-state index contributed by atoms with van der Waals surface area (Å²) in [6.45, 7) is 5.44. The van der Waals surface area contributed by atoms with Gasteiger partial charge in [0.05, 0.1) is 6.04 Å². The van der Waals surface area contributed by atoms with Crippen molar-refractivity contribution < 1.29 is 4.79 Å². The van der Waals surface area contributed by atoms with Gasteiger partial charge in [0, 0.05) is 6.54 Å². The van der Waals surface area contributed by atoms with E-state index in [1.54, 1.807) is 0 Å². The van der Waals surface area contributed by atoms with Crippen molar-refractivity contribution in [3.8, 4) is 0 Å². The highest BCUT2D eigenvalue weighted by Crippen LogP contribution is 2.09. The Labute approximate surface area is 95.8 Å². The summed E-state index contributed by atoms with van der Waals surface area (Å²) >= 11 is 5.49. The Bertz CT molecular complexity index is 313. The molecule has 0 bridgehead atoms. The summed E-state index contributed by atoms with van der Waals surface area (Å²) in [5, 5.41) is -0.298. The molecule has 0 aromatic heterocycles. The summed E-state index contributed by atoms with van der Waals surface area (Å²) in [6, 6.07) is 9.85. The summed E-state index contributed by atoms with van der Waals surface area (Å²) in [4.78, 5) is 13.1. The third-order valence-corrected chi connectivity index (χ3v) is 2.83. The Balaban J connectivity index is 2.66. The molecule has 3 heteroatoms. The van der Waals surface area contributed by atoms with Crippen LogP contribution in [-0.2, 0) is 11.3 Å². The quantitative estimate of drug-likeness (QED) is 0.719. The van der Waals surface area contributed by atoms with Crippen LogP contribution < -0.4 is 0 Å². The van der Waals surface area contributed by atoms with Crippen molar-refractivity contribution in [2.24, 2.45) is 0 Å². The van der Waals surface area contributed by atoms with E-state index < -0.39 is 0 Å². The molecule has 0 aliphatic carbocycles. The largest absolute Gasteiger partial charge is 0.289 e. The van der Waals surface area contributed by atoms with Crippen LogP contribution in [0.4, 0.5) is 0 Å².